The Morgan fingerprint density at radius 3 is 2.40 bits per heavy atom. The van der Waals surface area contributed by atoms with Crippen LogP contribution in [-0.4, -0.2) is 25.2 Å². The lowest BCUT2D eigenvalue weighted by molar-refractivity contribution is -0.149. The molecule has 0 saturated heterocycles. The fourth-order valence-corrected chi connectivity index (χ4v) is 1.70. The molecule has 110 valence electrons. The third kappa shape index (κ3) is 4.68. The Kier molecular flexibility index (Phi) is 6.77. The van der Waals surface area contributed by atoms with E-state index in [0.717, 1.165) is 18.4 Å². The first kappa shape index (κ1) is 16.2. The minimum Gasteiger partial charge on any atom is -0.465 e. The van der Waals surface area contributed by atoms with Crippen molar-refractivity contribution < 1.29 is 19.1 Å². The zero-order valence-corrected chi connectivity index (χ0v) is 12.3. The molecule has 0 aliphatic heterocycles. The molecule has 0 aromatic carbocycles. The fourth-order valence-electron chi connectivity index (χ4n) is 1.70. The smallest absolute Gasteiger partial charge is 0.335 e. The number of rotatable bonds is 6. The minimum absolute atomic E-state index is 0.327. The van der Waals surface area contributed by atoms with Gasteiger partial charge in [0.15, 0.2) is 0 Å². The highest BCUT2D eigenvalue weighted by molar-refractivity contribution is 5.97. The first-order chi connectivity index (χ1) is 9.60. The summed E-state index contributed by atoms with van der Waals surface area (Å²) in [5.41, 5.74) is 1.30. The lowest BCUT2D eigenvalue weighted by Gasteiger charge is -2.14. The number of ether oxygens (including phenoxy) is 2. The van der Waals surface area contributed by atoms with Gasteiger partial charge >= 0.3 is 11.9 Å². The summed E-state index contributed by atoms with van der Waals surface area (Å²) in [5, 5.41) is 0. The third-order valence-corrected chi connectivity index (χ3v) is 2.79. The van der Waals surface area contributed by atoms with Crippen LogP contribution in [0.5, 0.6) is 0 Å². The van der Waals surface area contributed by atoms with Gasteiger partial charge in [0, 0.05) is 0 Å². The van der Waals surface area contributed by atoms with Crippen molar-refractivity contribution in [2.24, 2.45) is 5.92 Å². The summed E-state index contributed by atoms with van der Waals surface area (Å²) >= 11 is 0. The molecule has 0 fully saturated rings. The van der Waals surface area contributed by atoms with Crippen LogP contribution in [0, 0.1) is 5.92 Å². The summed E-state index contributed by atoms with van der Waals surface area (Å²) in [4.78, 5) is 24.1. The molecular formula is C16H22O4. The van der Waals surface area contributed by atoms with Gasteiger partial charge in [-0.05, 0) is 19.8 Å². The van der Waals surface area contributed by atoms with Gasteiger partial charge < -0.3 is 9.47 Å². The molecule has 1 atom stereocenters. The van der Waals surface area contributed by atoms with E-state index in [9.17, 15) is 9.59 Å². The molecule has 1 unspecified atom stereocenters. The average molecular weight is 278 g/mol. The number of esters is 2. The molecule has 0 aromatic rings. The first-order valence-electron chi connectivity index (χ1n) is 7.00. The quantitative estimate of drug-likeness (QED) is 0.701. The van der Waals surface area contributed by atoms with Crippen LogP contribution >= 0.6 is 0 Å². The highest BCUT2D eigenvalue weighted by Crippen LogP contribution is 2.21. The van der Waals surface area contributed by atoms with E-state index in [2.05, 4.69) is 0 Å². The van der Waals surface area contributed by atoms with Crippen LogP contribution in [0.25, 0.3) is 0 Å². The maximum atomic E-state index is 12.1. The van der Waals surface area contributed by atoms with Crippen LogP contribution in [-0.2, 0) is 19.1 Å². The Morgan fingerprint density at radius 2 is 1.75 bits per heavy atom. The minimum atomic E-state index is -0.695. The molecule has 4 nitrogen and oxygen atoms in total. The predicted molar refractivity (Wildman–Crippen MR) is 77.0 cm³/mol. The van der Waals surface area contributed by atoms with E-state index in [0.29, 0.717) is 18.8 Å². The van der Waals surface area contributed by atoms with E-state index >= 15 is 0 Å². The molecule has 1 aliphatic carbocycles. The molecule has 20 heavy (non-hydrogen) atoms. The third-order valence-electron chi connectivity index (χ3n) is 2.79. The highest BCUT2D eigenvalue weighted by Gasteiger charge is 2.28. The molecular weight excluding hydrogens is 256 g/mol. The van der Waals surface area contributed by atoms with Crippen molar-refractivity contribution >= 4 is 11.9 Å². The molecule has 0 N–H and O–H groups in total. The van der Waals surface area contributed by atoms with Gasteiger partial charge in [-0.25, -0.2) is 4.79 Å². The summed E-state index contributed by atoms with van der Waals surface area (Å²) in [7, 11) is 0. The molecule has 0 aromatic heterocycles. The predicted octanol–water partition coefficient (Wildman–Crippen LogP) is 2.95. The van der Waals surface area contributed by atoms with Crippen molar-refractivity contribution in [3.63, 3.8) is 0 Å². The lowest BCUT2D eigenvalue weighted by Crippen LogP contribution is -2.24. The Hall–Kier alpha value is -1.84. The SMILES string of the molecule is CCCOC(=O)C1=CC=C(C)C=CC1C(=O)OCCC. The molecule has 1 aliphatic rings. The van der Waals surface area contributed by atoms with Crippen molar-refractivity contribution in [1.29, 1.82) is 0 Å². The van der Waals surface area contributed by atoms with Crippen molar-refractivity contribution in [3.8, 4) is 0 Å². The largest absolute Gasteiger partial charge is 0.465 e. The second-order valence-corrected chi connectivity index (χ2v) is 4.67. The van der Waals surface area contributed by atoms with Gasteiger partial charge in [0.1, 0.15) is 5.92 Å². The Balaban J connectivity index is 2.90. The van der Waals surface area contributed by atoms with Gasteiger partial charge in [-0.15, -0.1) is 0 Å². The zero-order chi connectivity index (χ0) is 15.0. The van der Waals surface area contributed by atoms with Crippen molar-refractivity contribution in [2.75, 3.05) is 13.2 Å². The topological polar surface area (TPSA) is 52.6 Å². The molecule has 0 heterocycles. The number of carbonyl (C=O) groups excluding carboxylic acids is 2. The van der Waals surface area contributed by atoms with Crippen LogP contribution in [0.2, 0.25) is 0 Å². The second kappa shape index (κ2) is 8.35. The number of allylic oxidation sites excluding steroid dienone is 4. The molecule has 0 spiro atoms. The average Bonchev–Trinajstić information content (AvgIpc) is 2.64. The molecule has 4 heteroatoms. The van der Waals surface area contributed by atoms with E-state index in [1.54, 1.807) is 18.2 Å². The van der Waals surface area contributed by atoms with Crippen LogP contribution < -0.4 is 0 Å². The van der Waals surface area contributed by atoms with Crippen molar-refractivity contribution in [2.45, 2.75) is 33.6 Å². The molecule has 1 rings (SSSR count). The number of carbonyl (C=O) groups is 2. The van der Waals surface area contributed by atoms with Gasteiger partial charge in [-0.3, -0.25) is 4.79 Å². The fraction of sp³-hybridized carbons (Fsp3) is 0.500. The molecule has 0 saturated carbocycles. The van der Waals surface area contributed by atoms with Crippen LogP contribution in [0.4, 0.5) is 0 Å². The Morgan fingerprint density at radius 1 is 1.10 bits per heavy atom. The van der Waals surface area contributed by atoms with Gasteiger partial charge in [0.25, 0.3) is 0 Å². The summed E-state index contributed by atoms with van der Waals surface area (Å²) in [6.45, 7) is 6.45. The number of hydrogen-bond donors (Lipinski definition) is 0. The van der Waals surface area contributed by atoms with E-state index in [4.69, 9.17) is 9.47 Å². The molecule has 0 amide bonds. The second-order valence-electron chi connectivity index (χ2n) is 4.67. The number of hydrogen-bond acceptors (Lipinski definition) is 4. The van der Waals surface area contributed by atoms with E-state index < -0.39 is 17.9 Å². The van der Waals surface area contributed by atoms with E-state index in [1.807, 2.05) is 26.8 Å². The van der Waals surface area contributed by atoms with Gasteiger partial charge in [-0.1, -0.05) is 43.7 Å². The van der Waals surface area contributed by atoms with Gasteiger partial charge in [0.2, 0.25) is 0 Å². The standard InChI is InChI=1S/C16H22O4/c1-4-10-19-15(17)13-8-6-12(3)7-9-14(13)16(18)20-11-5-2/h6-9,13H,4-5,10-11H2,1-3H3. The maximum absolute atomic E-state index is 12.1. The van der Waals surface area contributed by atoms with E-state index in [-0.39, 0.29) is 0 Å². The summed E-state index contributed by atoms with van der Waals surface area (Å²) in [5.74, 6) is -1.56. The molecule has 0 bridgehead atoms. The van der Waals surface area contributed by atoms with Gasteiger partial charge in [-0.2, -0.15) is 0 Å². The summed E-state index contributed by atoms with van der Waals surface area (Å²) in [6.07, 6.45) is 8.44. The maximum Gasteiger partial charge on any atom is 0.335 e. The first-order valence-corrected chi connectivity index (χ1v) is 7.00. The van der Waals surface area contributed by atoms with Crippen LogP contribution in [0.1, 0.15) is 33.6 Å². The van der Waals surface area contributed by atoms with Crippen LogP contribution in [0.3, 0.4) is 0 Å². The zero-order valence-electron chi connectivity index (χ0n) is 12.3. The van der Waals surface area contributed by atoms with E-state index in [1.165, 1.54) is 0 Å². The monoisotopic (exact) mass is 278 g/mol. The summed E-state index contributed by atoms with van der Waals surface area (Å²) in [6, 6.07) is 0. The highest BCUT2D eigenvalue weighted by atomic mass is 16.5. The lowest BCUT2D eigenvalue weighted by atomic mass is 9.99. The van der Waals surface area contributed by atoms with Crippen LogP contribution in [0.15, 0.2) is 35.5 Å². The Labute approximate surface area is 120 Å². The van der Waals surface area contributed by atoms with Crippen molar-refractivity contribution in [1.82, 2.24) is 0 Å². The Bertz CT molecular complexity index is 443. The molecule has 0 radical (unpaired) electrons. The van der Waals surface area contributed by atoms with Crippen molar-refractivity contribution in [3.05, 3.63) is 35.5 Å². The van der Waals surface area contributed by atoms with Gasteiger partial charge in [0.05, 0.1) is 18.8 Å². The normalized spacial score (nSPS) is 17.9. The summed E-state index contributed by atoms with van der Waals surface area (Å²) < 4.78 is 10.3.